The summed E-state index contributed by atoms with van der Waals surface area (Å²) in [4.78, 5) is 11.4. The van der Waals surface area contributed by atoms with Gasteiger partial charge in [0.1, 0.15) is 17.2 Å². The third-order valence-electron chi connectivity index (χ3n) is 4.15. The number of β-amino-alcohol motifs (C(OH)–C–C–N with tert-alkyl or cyclic N) is 1. The molecule has 0 spiro atoms. The molecule has 0 heterocycles. The monoisotopic (exact) mass is 373 g/mol. The molecule has 2 aromatic rings. The van der Waals surface area contributed by atoms with Gasteiger partial charge in [0.05, 0.1) is 6.10 Å². The number of hydrogen-bond donors (Lipinski definition) is 4. The van der Waals surface area contributed by atoms with Crippen molar-refractivity contribution in [3.05, 3.63) is 53.6 Å². The van der Waals surface area contributed by atoms with Crippen LogP contribution in [0.1, 0.15) is 44.4 Å². The number of ether oxygens (including phenoxy) is 1. The van der Waals surface area contributed by atoms with E-state index in [2.05, 4.69) is 5.32 Å². The summed E-state index contributed by atoms with van der Waals surface area (Å²) in [6, 6.07) is 11.4. The van der Waals surface area contributed by atoms with Crippen LogP contribution in [0.5, 0.6) is 17.2 Å². The minimum Gasteiger partial charge on any atom is -0.508 e. The van der Waals surface area contributed by atoms with Crippen molar-refractivity contribution in [3.8, 4) is 17.2 Å². The maximum Gasteiger partial charge on any atom is 0.310 e. The highest BCUT2D eigenvalue weighted by Gasteiger charge is 2.20. The van der Waals surface area contributed by atoms with Gasteiger partial charge in [0.25, 0.3) is 0 Å². The minimum absolute atomic E-state index is 0.0956. The SMILES string of the molecule is CCC(=O)Oc1cccc(CC(C)(C)NCC(O)c2cc(O)cc(O)c2)c1. The Balaban J connectivity index is 1.98. The zero-order chi connectivity index (χ0) is 20.0. The zero-order valence-electron chi connectivity index (χ0n) is 15.9. The fourth-order valence-corrected chi connectivity index (χ4v) is 2.80. The van der Waals surface area contributed by atoms with Gasteiger partial charge in [0.2, 0.25) is 0 Å². The van der Waals surface area contributed by atoms with Crippen molar-refractivity contribution in [1.82, 2.24) is 5.32 Å². The Morgan fingerprint density at radius 2 is 1.81 bits per heavy atom. The van der Waals surface area contributed by atoms with E-state index in [4.69, 9.17) is 4.74 Å². The summed E-state index contributed by atoms with van der Waals surface area (Å²) in [6.45, 7) is 6.01. The second kappa shape index (κ2) is 8.88. The Morgan fingerprint density at radius 3 is 2.44 bits per heavy atom. The number of nitrogens with one attached hydrogen (secondary N) is 1. The number of carbonyl (C=O) groups excluding carboxylic acids is 1. The normalized spacial score (nSPS) is 12.6. The van der Waals surface area contributed by atoms with Gasteiger partial charge in [-0.2, -0.15) is 0 Å². The lowest BCUT2D eigenvalue weighted by Gasteiger charge is -2.28. The first-order valence-electron chi connectivity index (χ1n) is 8.94. The summed E-state index contributed by atoms with van der Waals surface area (Å²) in [5, 5.41) is 32.7. The molecule has 0 aromatic heterocycles. The van der Waals surface area contributed by atoms with E-state index >= 15 is 0 Å². The van der Waals surface area contributed by atoms with E-state index in [1.807, 2.05) is 32.0 Å². The zero-order valence-corrected chi connectivity index (χ0v) is 15.9. The van der Waals surface area contributed by atoms with E-state index in [1.165, 1.54) is 18.2 Å². The van der Waals surface area contributed by atoms with Gasteiger partial charge in [-0.05, 0) is 55.7 Å². The van der Waals surface area contributed by atoms with Gasteiger partial charge < -0.3 is 25.4 Å². The molecule has 0 bridgehead atoms. The molecule has 6 heteroatoms. The molecule has 0 amide bonds. The lowest BCUT2D eigenvalue weighted by atomic mass is 9.94. The number of carbonyl (C=O) groups is 1. The van der Waals surface area contributed by atoms with Crippen molar-refractivity contribution in [2.24, 2.45) is 0 Å². The third kappa shape index (κ3) is 6.58. The number of aliphatic hydroxyl groups is 1. The maximum atomic E-state index is 11.4. The van der Waals surface area contributed by atoms with E-state index in [0.29, 0.717) is 24.2 Å². The highest BCUT2D eigenvalue weighted by Crippen LogP contribution is 2.25. The first kappa shape index (κ1) is 20.7. The summed E-state index contributed by atoms with van der Waals surface area (Å²) >= 11 is 0. The molecule has 146 valence electrons. The molecular weight excluding hydrogens is 346 g/mol. The van der Waals surface area contributed by atoms with E-state index in [1.54, 1.807) is 13.0 Å². The van der Waals surface area contributed by atoms with Crippen molar-refractivity contribution in [2.75, 3.05) is 6.54 Å². The van der Waals surface area contributed by atoms with E-state index in [0.717, 1.165) is 5.56 Å². The van der Waals surface area contributed by atoms with Crippen molar-refractivity contribution in [1.29, 1.82) is 0 Å². The molecule has 0 saturated carbocycles. The highest BCUT2D eigenvalue weighted by molar-refractivity contribution is 5.71. The van der Waals surface area contributed by atoms with Crippen molar-refractivity contribution < 1.29 is 24.9 Å². The van der Waals surface area contributed by atoms with Crippen LogP contribution in [0.25, 0.3) is 0 Å². The smallest absolute Gasteiger partial charge is 0.310 e. The van der Waals surface area contributed by atoms with Crippen LogP contribution < -0.4 is 10.1 Å². The van der Waals surface area contributed by atoms with Crippen LogP contribution in [0.4, 0.5) is 0 Å². The van der Waals surface area contributed by atoms with Crippen LogP contribution in [0.2, 0.25) is 0 Å². The summed E-state index contributed by atoms with van der Waals surface area (Å²) in [5.74, 6) is 0.0518. The largest absolute Gasteiger partial charge is 0.508 e. The van der Waals surface area contributed by atoms with E-state index in [9.17, 15) is 20.1 Å². The van der Waals surface area contributed by atoms with Crippen LogP contribution in [-0.2, 0) is 11.2 Å². The van der Waals surface area contributed by atoms with Crippen molar-refractivity contribution >= 4 is 5.97 Å². The van der Waals surface area contributed by atoms with Gasteiger partial charge in [0, 0.05) is 24.6 Å². The standard InChI is InChI=1S/C21H27NO5/c1-4-20(26)27-18-7-5-6-14(8-18)12-21(2,3)22-13-19(25)15-9-16(23)11-17(24)10-15/h5-11,19,22-25H,4,12-13H2,1-3H3. The van der Waals surface area contributed by atoms with Crippen LogP contribution in [0.15, 0.2) is 42.5 Å². The second-order valence-electron chi connectivity index (χ2n) is 7.22. The highest BCUT2D eigenvalue weighted by atomic mass is 16.5. The molecule has 2 rings (SSSR count). The Hall–Kier alpha value is -2.57. The molecule has 1 unspecified atom stereocenters. The number of hydrogen-bond acceptors (Lipinski definition) is 6. The third-order valence-corrected chi connectivity index (χ3v) is 4.15. The number of phenols is 2. The van der Waals surface area contributed by atoms with Gasteiger partial charge in [-0.25, -0.2) is 0 Å². The molecule has 2 aromatic carbocycles. The number of aliphatic hydroxyl groups excluding tert-OH is 1. The summed E-state index contributed by atoms with van der Waals surface area (Å²) in [7, 11) is 0. The van der Waals surface area contributed by atoms with Gasteiger partial charge >= 0.3 is 5.97 Å². The van der Waals surface area contributed by atoms with Gasteiger partial charge in [-0.3, -0.25) is 4.79 Å². The Kier molecular flexibility index (Phi) is 6.82. The minimum atomic E-state index is -0.876. The van der Waals surface area contributed by atoms with Gasteiger partial charge in [-0.1, -0.05) is 19.1 Å². The number of aromatic hydroxyl groups is 2. The first-order chi connectivity index (χ1) is 12.7. The molecule has 27 heavy (non-hydrogen) atoms. The van der Waals surface area contributed by atoms with Crippen LogP contribution in [0.3, 0.4) is 0 Å². The quantitative estimate of drug-likeness (QED) is 0.419. The lowest BCUT2D eigenvalue weighted by Crippen LogP contribution is -2.43. The fourth-order valence-electron chi connectivity index (χ4n) is 2.80. The predicted octanol–water partition coefficient (Wildman–Crippen LogP) is 3.06. The summed E-state index contributed by atoms with van der Waals surface area (Å²) < 4.78 is 5.25. The Labute approximate surface area is 159 Å². The second-order valence-corrected chi connectivity index (χ2v) is 7.22. The lowest BCUT2D eigenvalue weighted by molar-refractivity contribution is -0.134. The van der Waals surface area contributed by atoms with Crippen LogP contribution >= 0.6 is 0 Å². The molecule has 6 nitrogen and oxygen atoms in total. The van der Waals surface area contributed by atoms with Crippen LogP contribution in [0, 0.1) is 0 Å². The molecule has 0 aliphatic carbocycles. The average Bonchev–Trinajstić information content (AvgIpc) is 2.58. The molecule has 1 atom stereocenters. The average molecular weight is 373 g/mol. The molecule has 0 fully saturated rings. The Morgan fingerprint density at radius 1 is 1.15 bits per heavy atom. The predicted molar refractivity (Wildman–Crippen MR) is 103 cm³/mol. The summed E-state index contributed by atoms with van der Waals surface area (Å²) in [5.41, 5.74) is 1.09. The number of phenolic OH excluding ortho intramolecular Hbond substituents is 2. The van der Waals surface area contributed by atoms with E-state index < -0.39 is 6.10 Å². The molecule has 0 radical (unpaired) electrons. The summed E-state index contributed by atoms with van der Waals surface area (Å²) in [6.07, 6.45) is 0.0987. The van der Waals surface area contributed by atoms with Crippen molar-refractivity contribution in [3.63, 3.8) is 0 Å². The van der Waals surface area contributed by atoms with Gasteiger partial charge in [-0.15, -0.1) is 0 Å². The number of benzene rings is 2. The molecule has 0 aliphatic rings. The van der Waals surface area contributed by atoms with Crippen LogP contribution in [-0.4, -0.2) is 33.4 Å². The molecular formula is C21H27NO5. The first-order valence-corrected chi connectivity index (χ1v) is 8.94. The fraction of sp³-hybridized carbons (Fsp3) is 0.381. The van der Waals surface area contributed by atoms with Gasteiger partial charge in [0.15, 0.2) is 0 Å². The Bertz CT molecular complexity index is 768. The van der Waals surface area contributed by atoms with E-state index in [-0.39, 0.29) is 29.6 Å². The number of rotatable bonds is 8. The topological polar surface area (TPSA) is 99.0 Å². The molecule has 0 aliphatic heterocycles. The van der Waals surface area contributed by atoms with Crippen molar-refractivity contribution in [2.45, 2.75) is 45.3 Å². The number of esters is 1. The molecule has 0 saturated heterocycles. The maximum absolute atomic E-state index is 11.4. The molecule has 4 N–H and O–H groups in total.